The number of carbonyl (C=O) groups is 4. The van der Waals surface area contributed by atoms with Gasteiger partial charge in [-0.05, 0) is 99.0 Å². The zero-order chi connectivity index (χ0) is 44.4. The average molecular weight is 936 g/mol. The third kappa shape index (κ3) is 12.9. The molecular weight excluding hydrogens is 884 g/mol. The van der Waals surface area contributed by atoms with Crippen molar-refractivity contribution in [3.05, 3.63) is 103 Å². The van der Waals surface area contributed by atoms with Crippen LogP contribution in [0.2, 0.25) is 20.1 Å². The Bertz CT molecular complexity index is 2170. The lowest BCUT2D eigenvalue weighted by atomic mass is 9.89. The lowest BCUT2D eigenvalue weighted by Crippen LogP contribution is -2.52. The van der Waals surface area contributed by atoms with E-state index in [2.05, 4.69) is 10.1 Å². The van der Waals surface area contributed by atoms with Crippen molar-refractivity contribution in [2.24, 2.45) is 22.5 Å². The van der Waals surface area contributed by atoms with E-state index in [4.69, 9.17) is 62.7 Å². The molecule has 2 saturated heterocycles. The van der Waals surface area contributed by atoms with Gasteiger partial charge in [0.25, 0.3) is 5.91 Å². The number of likely N-dealkylation sites (tertiary alicyclic amines) is 2. The third-order valence-electron chi connectivity index (χ3n) is 11.0. The summed E-state index contributed by atoms with van der Waals surface area (Å²) in [7, 11) is 3.17. The first kappa shape index (κ1) is 47.9. The summed E-state index contributed by atoms with van der Waals surface area (Å²) in [6, 6.07) is 19.0. The molecular formula is C43H51Cl4N7O6S. The number of primary amides is 2. The Morgan fingerprint density at radius 3 is 2.26 bits per heavy atom. The van der Waals surface area contributed by atoms with Gasteiger partial charge < -0.3 is 31.0 Å². The molecule has 1 aromatic heterocycles. The minimum absolute atomic E-state index is 0.0531. The number of carbonyl (C=O) groups excluding carboxylic acids is 4. The van der Waals surface area contributed by atoms with Gasteiger partial charge in [-0.3, -0.25) is 19.6 Å². The zero-order valence-corrected chi connectivity index (χ0v) is 38.1. The first-order chi connectivity index (χ1) is 29.1. The predicted octanol–water partition coefficient (Wildman–Crippen LogP) is 8.86. The summed E-state index contributed by atoms with van der Waals surface area (Å²) in [5.74, 6) is -1.17. The number of hydroxylamine groups is 2. The van der Waals surface area contributed by atoms with Crippen molar-refractivity contribution in [3.63, 3.8) is 0 Å². The van der Waals surface area contributed by atoms with E-state index in [1.807, 2.05) is 47.4 Å². The Hall–Kier alpha value is -4.15. The summed E-state index contributed by atoms with van der Waals surface area (Å²) in [6.45, 7) is 5.05. The van der Waals surface area contributed by atoms with Gasteiger partial charge in [-0.1, -0.05) is 75.8 Å². The van der Waals surface area contributed by atoms with Crippen molar-refractivity contribution in [2.75, 3.05) is 46.9 Å². The summed E-state index contributed by atoms with van der Waals surface area (Å²) < 4.78 is 1.13. The Morgan fingerprint density at radius 1 is 0.951 bits per heavy atom. The highest BCUT2D eigenvalue weighted by Crippen LogP contribution is 2.33. The van der Waals surface area contributed by atoms with Crippen LogP contribution < -0.4 is 11.5 Å². The van der Waals surface area contributed by atoms with Crippen molar-refractivity contribution < 1.29 is 29.2 Å². The van der Waals surface area contributed by atoms with E-state index in [0.717, 1.165) is 66.0 Å². The Balaban J connectivity index is 0.000000366. The molecule has 3 aromatic carbocycles. The SMILES string of the molecule is CC(c1cc2ccccc2s1)N(O)C(N)=O.CO/N=C(\CN(C)C(=O)c1cc(Cl)cc(Cl)c1)[C@H](CCN1CCC(N2CCC[C@@H](CC(N)=O)C2=O)CC1)c1ccc(Cl)c(Cl)c1. The number of halogens is 4. The molecule has 328 valence electrons. The molecule has 5 N–H and O–H groups in total. The molecule has 1 unspecified atom stereocenters. The number of nitrogens with two attached hydrogens (primary N) is 2. The molecule has 0 radical (unpaired) electrons. The minimum Gasteiger partial charge on any atom is -0.399 e. The molecule has 3 heterocycles. The van der Waals surface area contributed by atoms with Gasteiger partial charge in [0.1, 0.15) is 7.11 Å². The van der Waals surface area contributed by atoms with Crippen LogP contribution in [0.1, 0.15) is 78.2 Å². The number of rotatable bonds is 14. The van der Waals surface area contributed by atoms with Crippen molar-refractivity contribution >= 4 is 97.3 Å². The van der Waals surface area contributed by atoms with E-state index in [9.17, 15) is 24.4 Å². The molecule has 13 nitrogen and oxygen atoms in total. The number of amides is 5. The molecule has 2 fully saturated rings. The number of fused-ring (bicyclic) bond motifs is 1. The van der Waals surface area contributed by atoms with Crippen LogP contribution >= 0.6 is 57.7 Å². The van der Waals surface area contributed by atoms with Crippen LogP contribution in [0.15, 0.2) is 71.9 Å². The maximum absolute atomic E-state index is 13.3. The van der Waals surface area contributed by atoms with Gasteiger partial charge >= 0.3 is 6.03 Å². The monoisotopic (exact) mass is 933 g/mol. The Kier molecular flexibility index (Phi) is 17.5. The largest absolute Gasteiger partial charge is 0.399 e. The van der Waals surface area contributed by atoms with E-state index in [1.54, 1.807) is 54.5 Å². The maximum Gasteiger partial charge on any atom is 0.339 e. The molecule has 2 aliphatic rings. The number of thiophene rings is 1. The molecule has 2 aliphatic heterocycles. The fourth-order valence-electron chi connectivity index (χ4n) is 7.84. The van der Waals surface area contributed by atoms with Gasteiger partial charge in [-0.15, -0.1) is 11.3 Å². The van der Waals surface area contributed by atoms with Crippen LogP contribution in [0.25, 0.3) is 10.1 Å². The number of hydrogen-bond acceptors (Lipinski definition) is 9. The second kappa shape index (κ2) is 22.3. The summed E-state index contributed by atoms with van der Waals surface area (Å²) in [5.41, 5.74) is 12.3. The molecule has 0 spiro atoms. The summed E-state index contributed by atoms with van der Waals surface area (Å²) in [6.07, 6.45) is 4.10. The van der Waals surface area contributed by atoms with Crippen LogP contribution in [0.3, 0.4) is 0 Å². The zero-order valence-electron chi connectivity index (χ0n) is 34.2. The molecule has 4 aromatic rings. The number of benzene rings is 3. The molecule has 0 saturated carbocycles. The van der Waals surface area contributed by atoms with Crippen molar-refractivity contribution in [2.45, 2.75) is 63.5 Å². The second-order valence-electron chi connectivity index (χ2n) is 15.3. The van der Waals surface area contributed by atoms with Gasteiger partial charge in [-0.2, -0.15) is 5.06 Å². The normalized spacial score (nSPS) is 17.3. The topological polar surface area (TPSA) is 175 Å². The fourth-order valence-corrected chi connectivity index (χ4v) is 9.78. The third-order valence-corrected chi connectivity index (χ3v) is 13.5. The van der Waals surface area contributed by atoms with Crippen LogP contribution in [0.5, 0.6) is 0 Å². The van der Waals surface area contributed by atoms with Crippen molar-refractivity contribution in [3.8, 4) is 0 Å². The Morgan fingerprint density at radius 2 is 1.64 bits per heavy atom. The number of piperidine rings is 2. The van der Waals surface area contributed by atoms with E-state index in [0.29, 0.717) is 49.3 Å². The molecule has 61 heavy (non-hydrogen) atoms. The first-order valence-corrected chi connectivity index (χ1v) is 22.2. The summed E-state index contributed by atoms with van der Waals surface area (Å²) >= 11 is 26.5. The second-order valence-corrected chi connectivity index (χ2v) is 18.1. The quantitative estimate of drug-likeness (QED) is 0.0643. The molecule has 6 rings (SSSR count). The molecule has 5 amide bonds. The highest BCUT2D eigenvalue weighted by atomic mass is 35.5. The number of nitrogens with zero attached hydrogens (tertiary/aromatic N) is 5. The molecule has 18 heteroatoms. The predicted molar refractivity (Wildman–Crippen MR) is 243 cm³/mol. The van der Waals surface area contributed by atoms with E-state index in [1.165, 1.54) is 7.11 Å². The molecule has 0 aliphatic carbocycles. The van der Waals surface area contributed by atoms with Crippen molar-refractivity contribution in [1.29, 1.82) is 0 Å². The lowest BCUT2D eigenvalue weighted by Gasteiger charge is -2.42. The van der Waals surface area contributed by atoms with Crippen LogP contribution in [0, 0.1) is 5.92 Å². The highest BCUT2D eigenvalue weighted by Gasteiger charge is 2.35. The Labute approximate surface area is 380 Å². The number of urea groups is 1. The van der Waals surface area contributed by atoms with Crippen LogP contribution in [0.4, 0.5) is 4.79 Å². The smallest absolute Gasteiger partial charge is 0.339 e. The maximum atomic E-state index is 13.3. The summed E-state index contributed by atoms with van der Waals surface area (Å²) in [4.78, 5) is 60.8. The average Bonchev–Trinajstić information content (AvgIpc) is 3.67. The lowest BCUT2D eigenvalue weighted by molar-refractivity contribution is -0.144. The van der Waals surface area contributed by atoms with E-state index in [-0.39, 0.29) is 42.7 Å². The summed E-state index contributed by atoms with van der Waals surface area (Å²) in [5, 5.41) is 17.1. The standard InChI is InChI=1S/C32H39Cl4N5O4.C11H12N2O2S/c1-39(31(43)22-14-23(33)18-24(34)15-22)19-29(38-45-2)26(20-5-6-27(35)28(36)16-20)9-13-40-11-7-25(8-12-40)41-10-3-4-21(32(41)44)17-30(37)42;1-7(13(15)11(12)14)10-6-8-4-2-3-5-9(8)16-10/h5-6,14-16,18,21,25-26H,3-4,7-13,17,19H2,1-2H3,(H2,37,42);2-7,15H,1H3,(H2,12,14)/b38-29+;/t21-,26+;/m0./s1. The first-order valence-electron chi connectivity index (χ1n) is 19.9. The minimum atomic E-state index is -0.843. The van der Waals surface area contributed by atoms with E-state index < -0.39 is 18.0 Å². The van der Waals surface area contributed by atoms with Gasteiger partial charge in [0.2, 0.25) is 11.8 Å². The van der Waals surface area contributed by atoms with Gasteiger partial charge in [0, 0.05) is 76.2 Å². The molecule has 0 bridgehead atoms. The molecule has 3 atom stereocenters. The number of oxime groups is 1. The fraction of sp³-hybridized carbons (Fsp3) is 0.419. The van der Waals surface area contributed by atoms with Gasteiger partial charge in [-0.25, -0.2) is 4.79 Å². The van der Waals surface area contributed by atoms with Gasteiger partial charge in [0.15, 0.2) is 0 Å². The van der Waals surface area contributed by atoms with Crippen LogP contribution in [-0.4, -0.2) is 107 Å². The van der Waals surface area contributed by atoms with Crippen molar-refractivity contribution in [1.82, 2.24) is 19.8 Å². The highest BCUT2D eigenvalue weighted by molar-refractivity contribution is 7.19. The van der Waals surface area contributed by atoms with Crippen LogP contribution in [-0.2, 0) is 14.4 Å². The van der Waals surface area contributed by atoms with Gasteiger partial charge in [0.05, 0.1) is 28.3 Å². The van der Waals surface area contributed by atoms with E-state index >= 15 is 0 Å². The number of hydrogen-bond donors (Lipinski definition) is 3.